The molecule has 6 nitrogen and oxygen atoms in total. The van der Waals surface area contributed by atoms with E-state index in [0.717, 1.165) is 70.8 Å². The van der Waals surface area contributed by atoms with Crippen LogP contribution in [0.1, 0.15) is 30.9 Å². The summed E-state index contributed by atoms with van der Waals surface area (Å²) in [5, 5.41) is 3.52. The van der Waals surface area contributed by atoms with E-state index < -0.39 is 0 Å². The number of nitrogens with zero attached hydrogens (tertiary/aromatic N) is 4. The second kappa shape index (κ2) is 11.5. The van der Waals surface area contributed by atoms with Crippen molar-refractivity contribution in [2.75, 3.05) is 73.6 Å². The van der Waals surface area contributed by atoms with Crippen LogP contribution < -0.4 is 5.32 Å². The van der Waals surface area contributed by atoms with Gasteiger partial charge in [0.2, 0.25) is 0 Å². The van der Waals surface area contributed by atoms with Gasteiger partial charge in [0.25, 0.3) is 0 Å². The van der Waals surface area contributed by atoms with E-state index in [0.29, 0.717) is 6.04 Å². The third-order valence-electron chi connectivity index (χ3n) is 5.98. The maximum Gasteiger partial charge on any atom is 0.193 e. The lowest BCUT2D eigenvalue weighted by atomic mass is 10.0. The van der Waals surface area contributed by atoms with Crippen LogP contribution in [0.4, 0.5) is 0 Å². The molecule has 1 saturated heterocycles. The number of benzene rings is 1. The van der Waals surface area contributed by atoms with E-state index in [4.69, 9.17) is 4.74 Å². The molecule has 2 aliphatic rings. The van der Waals surface area contributed by atoms with E-state index >= 15 is 0 Å². The molecule has 1 aliphatic carbocycles. The first kappa shape index (κ1) is 22.1. The molecular weight excluding hydrogens is 362 g/mol. The molecule has 0 amide bonds. The normalized spacial score (nSPS) is 21.3. The summed E-state index contributed by atoms with van der Waals surface area (Å²) in [4.78, 5) is 11.7. The molecule has 162 valence electrons. The van der Waals surface area contributed by atoms with E-state index in [9.17, 15) is 0 Å². The number of guanidine groups is 1. The fourth-order valence-corrected chi connectivity index (χ4v) is 3.92. The van der Waals surface area contributed by atoms with Crippen LogP contribution in [0, 0.1) is 5.92 Å². The minimum atomic E-state index is 0.487. The largest absolute Gasteiger partial charge is 0.379 e. The van der Waals surface area contributed by atoms with Gasteiger partial charge in [-0.1, -0.05) is 30.3 Å². The van der Waals surface area contributed by atoms with Gasteiger partial charge in [0.05, 0.1) is 6.61 Å². The highest BCUT2D eigenvalue weighted by atomic mass is 16.5. The van der Waals surface area contributed by atoms with Gasteiger partial charge in [-0.05, 0) is 37.8 Å². The Morgan fingerprint density at radius 1 is 1.24 bits per heavy atom. The average molecular weight is 402 g/mol. The van der Waals surface area contributed by atoms with Gasteiger partial charge < -0.3 is 19.9 Å². The lowest BCUT2D eigenvalue weighted by Gasteiger charge is -2.40. The molecule has 1 aromatic rings. The molecule has 0 bridgehead atoms. The van der Waals surface area contributed by atoms with Gasteiger partial charge in [0, 0.05) is 66.0 Å². The van der Waals surface area contributed by atoms with Gasteiger partial charge in [0.15, 0.2) is 5.96 Å². The van der Waals surface area contributed by atoms with Crippen LogP contribution in [0.25, 0.3) is 0 Å². The van der Waals surface area contributed by atoms with Crippen LogP contribution >= 0.6 is 0 Å². The van der Waals surface area contributed by atoms with E-state index in [2.05, 4.69) is 69.4 Å². The molecule has 29 heavy (non-hydrogen) atoms. The first-order valence-corrected chi connectivity index (χ1v) is 11.1. The van der Waals surface area contributed by atoms with Crippen molar-refractivity contribution in [3.8, 4) is 0 Å². The van der Waals surface area contributed by atoms with Gasteiger partial charge >= 0.3 is 0 Å². The zero-order chi connectivity index (χ0) is 20.5. The zero-order valence-corrected chi connectivity index (χ0v) is 18.5. The van der Waals surface area contributed by atoms with E-state index in [1.54, 1.807) is 0 Å². The Hall–Kier alpha value is -1.63. The molecule has 1 N–H and O–H groups in total. The molecule has 6 heteroatoms. The first-order valence-electron chi connectivity index (χ1n) is 11.1. The highest BCUT2D eigenvalue weighted by Crippen LogP contribution is 2.28. The number of ether oxygens (including phenoxy) is 1. The molecule has 3 rings (SSSR count). The van der Waals surface area contributed by atoms with Crippen LogP contribution in [0.5, 0.6) is 0 Å². The number of aliphatic imine (C=N–C) groups is 1. The molecule has 1 unspecified atom stereocenters. The van der Waals surface area contributed by atoms with Gasteiger partial charge in [-0.15, -0.1) is 0 Å². The zero-order valence-electron chi connectivity index (χ0n) is 18.5. The minimum Gasteiger partial charge on any atom is -0.379 e. The highest BCUT2D eigenvalue weighted by Gasteiger charge is 2.26. The van der Waals surface area contributed by atoms with Crippen molar-refractivity contribution in [1.82, 2.24) is 20.0 Å². The van der Waals surface area contributed by atoms with Crippen LogP contribution in [-0.4, -0.2) is 94.3 Å². The Morgan fingerprint density at radius 2 is 2.03 bits per heavy atom. The summed E-state index contributed by atoms with van der Waals surface area (Å²) >= 11 is 0. The summed E-state index contributed by atoms with van der Waals surface area (Å²) in [6, 6.07) is 11.4. The fraction of sp³-hybridized carbons (Fsp3) is 0.696. The van der Waals surface area contributed by atoms with Crippen molar-refractivity contribution in [2.24, 2.45) is 10.9 Å². The van der Waals surface area contributed by atoms with Crippen molar-refractivity contribution in [2.45, 2.75) is 25.3 Å². The van der Waals surface area contributed by atoms with Crippen molar-refractivity contribution < 1.29 is 4.74 Å². The molecule has 1 heterocycles. The number of piperazine rings is 1. The summed E-state index contributed by atoms with van der Waals surface area (Å²) in [5.74, 6) is 1.78. The predicted molar refractivity (Wildman–Crippen MR) is 120 cm³/mol. The van der Waals surface area contributed by atoms with Crippen LogP contribution in [0.15, 0.2) is 35.3 Å². The Bertz CT molecular complexity index is 619. The summed E-state index contributed by atoms with van der Waals surface area (Å²) < 4.78 is 5.76. The Morgan fingerprint density at radius 3 is 2.76 bits per heavy atom. The molecule has 0 aromatic heterocycles. The van der Waals surface area contributed by atoms with Crippen LogP contribution in [-0.2, 0) is 4.74 Å². The van der Waals surface area contributed by atoms with Gasteiger partial charge in [-0.25, -0.2) is 0 Å². The van der Waals surface area contributed by atoms with Crippen molar-refractivity contribution in [3.63, 3.8) is 0 Å². The molecule has 1 aromatic carbocycles. The van der Waals surface area contributed by atoms with Crippen molar-refractivity contribution >= 4 is 5.96 Å². The van der Waals surface area contributed by atoms with E-state index in [1.807, 2.05) is 7.05 Å². The second-order valence-electron chi connectivity index (χ2n) is 8.49. The first-order chi connectivity index (χ1) is 14.2. The molecule has 1 aliphatic heterocycles. The summed E-state index contributed by atoms with van der Waals surface area (Å²) in [6.45, 7) is 7.98. The third kappa shape index (κ3) is 7.28. The SMILES string of the molecule is CN=C(NCCCN1CCN(C)CC1c1ccccc1)N(C)CCOCC1CC1. The van der Waals surface area contributed by atoms with Gasteiger partial charge in [0.1, 0.15) is 0 Å². The standard InChI is InChI=1S/C23H39N5O/c1-24-23(27(3)16-17-29-19-20-10-11-20)25-12-7-13-28-15-14-26(2)18-22(28)21-8-5-4-6-9-21/h4-6,8-9,20,22H,7,10-19H2,1-3H3,(H,24,25). The lowest BCUT2D eigenvalue weighted by Crippen LogP contribution is -2.47. The highest BCUT2D eigenvalue weighted by molar-refractivity contribution is 5.79. The molecule has 1 saturated carbocycles. The molecule has 1 atom stereocenters. The summed E-state index contributed by atoms with van der Waals surface area (Å²) in [6.07, 6.45) is 3.80. The number of hydrogen-bond donors (Lipinski definition) is 1. The van der Waals surface area contributed by atoms with Crippen LogP contribution in [0.2, 0.25) is 0 Å². The monoisotopic (exact) mass is 401 g/mol. The Labute approximate surface area is 176 Å². The molecule has 0 radical (unpaired) electrons. The number of hydrogen-bond acceptors (Lipinski definition) is 4. The average Bonchev–Trinajstić information content (AvgIpc) is 3.57. The van der Waals surface area contributed by atoms with E-state index in [-0.39, 0.29) is 0 Å². The maximum absolute atomic E-state index is 5.76. The Balaban J connectivity index is 1.38. The predicted octanol–water partition coefficient (Wildman–Crippen LogP) is 2.30. The van der Waals surface area contributed by atoms with Crippen molar-refractivity contribution in [3.05, 3.63) is 35.9 Å². The number of likely N-dealkylation sites (N-methyl/N-ethyl adjacent to an activating group) is 2. The van der Waals surface area contributed by atoms with Crippen molar-refractivity contribution in [1.29, 1.82) is 0 Å². The topological polar surface area (TPSA) is 43.3 Å². The lowest BCUT2D eigenvalue weighted by molar-refractivity contribution is 0.0890. The summed E-state index contributed by atoms with van der Waals surface area (Å²) in [5.41, 5.74) is 1.42. The minimum absolute atomic E-state index is 0.487. The summed E-state index contributed by atoms with van der Waals surface area (Å²) in [7, 11) is 6.17. The van der Waals surface area contributed by atoms with Crippen LogP contribution in [0.3, 0.4) is 0 Å². The maximum atomic E-state index is 5.76. The van der Waals surface area contributed by atoms with Gasteiger partial charge in [-0.2, -0.15) is 0 Å². The third-order valence-corrected chi connectivity index (χ3v) is 5.98. The fourth-order valence-electron chi connectivity index (χ4n) is 3.92. The number of nitrogens with one attached hydrogen (secondary N) is 1. The second-order valence-corrected chi connectivity index (χ2v) is 8.49. The molecule has 2 fully saturated rings. The van der Waals surface area contributed by atoms with E-state index in [1.165, 1.54) is 18.4 Å². The smallest absolute Gasteiger partial charge is 0.193 e. The molecular formula is C23H39N5O. The quantitative estimate of drug-likeness (QED) is 0.370. The Kier molecular flexibility index (Phi) is 8.77. The molecule has 0 spiro atoms. The number of rotatable bonds is 10. The van der Waals surface area contributed by atoms with Gasteiger partial charge in [-0.3, -0.25) is 9.89 Å².